The number of thiazole rings is 1. The highest BCUT2D eigenvalue weighted by atomic mass is 32.1. The molecular formula is C23H26N6O5S. The third-order valence-corrected chi connectivity index (χ3v) is 5.97. The Balaban J connectivity index is 2.07. The Morgan fingerprint density at radius 2 is 1.86 bits per heavy atom. The Morgan fingerprint density at radius 3 is 2.57 bits per heavy atom. The summed E-state index contributed by atoms with van der Waals surface area (Å²) in [4.78, 5) is 50.3. The molecule has 3 heterocycles. The number of methoxy groups -OCH3 is 2. The maximum Gasteiger partial charge on any atom is 0.339 e. The van der Waals surface area contributed by atoms with Crippen molar-refractivity contribution in [2.75, 3.05) is 39.2 Å². The molecule has 0 saturated heterocycles. The zero-order valence-corrected chi connectivity index (χ0v) is 20.6. The SMILES string of the molecule is CCNC(=O)Nc1cc(-c2nc(C)c(C(=O)NCCOC)s2)c(-c2cncc(C(=O)OC)c2)cn1. The number of anilines is 1. The van der Waals surface area contributed by atoms with E-state index in [0.717, 1.165) is 0 Å². The summed E-state index contributed by atoms with van der Waals surface area (Å²) >= 11 is 1.21. The lowest BCUT2D eigenvalue weighted by Crippen LogP contribution is -2.28. The molecule has 0 aliphatic carbocycles. The normalized spacial score (nSPS) is 10.5. The third kappa shape index (κ3) is 6.37. The molecule has 0 spiro atoms. The number of carbonyl (C=O) groups excluding carboxylic acids is 3. The van der Waals surface area contributed by atoms with Crippen molar-refractivity contribution < 1.29 is 23.9 Å². The van der Waals surface area contributed by atoms with E-state index in [-0.39, 0.29) is 11.5 Å². The van der Waals surface area contributed by atoms with Gasteiger partial charge < -0.3 is 20.1 Å². The van der Waals surface area contributed by atoms with Gasteiger partial charge >= 0.3 is 12.0 Å². The van der Waals surface area contributed by atoms with Crippen LogP contribution in [0.25, 0.3) is 21.7 Å². The highest BCUT2D eigenvalue weighted by Crippen LogP contribution is 2.36. The van der Waals surface area contributed by atoms with Crippen LogP contribution in [0.15, 0.2) is 30.7 Å². The summed E-state index contributed by atoms with van der Waals surface area (Å²) in [5, 5.41) is 8.67. The summed E-state index contributed by atoms with van der Waals surface area (Å²) < 4.78 is 9.78. The predicted molar refractivity (Wildman–Crippen MR) is 132 cm³/mol. The quantitative estimate of drug-likeness (QED) is 0.302. The largest absolute Gasteiger partial charge is 0.465 e. The lowest BCUT2D eigenvalue weighted by molar-refractivity contribution is 0.0600. The number of pyridine rings is 2. The number of amides is 3. The Morgan fingerprint density at radius 1 is 1.06 bits per heavy atom. The van der Waals surface area contributed by atoms with Crippen molar-refractivity contribution in [3.63, 3.8) is 0 Å². The van der Waals surface area contributed by atoms with Crippen LogP contribution in [-0.4, -0.2) is 66.8 Å². The average molecular weight is 499 g/mol. The first-order valence-electron chi connectivity index (χ1n) is 10.7. The highest BCUT2D eigenvalue weighted by molar-refractivity contribution is 7.17. The van der Waals surface area contributed by atoms with Crippen molar-refractivity contribution in [1.29, 1.82) is 0 Å². The molecule has 35 heavy (non-hydrogen) atoms. The van der Waals surface area contributed by atoms with Crippen molar-refractivity contribution in [2.24, 2.45) is 0 Å². The summed E-state index contributed by atoms with van der Waals surface area (Å²) in [5.41, 5.74) is 2.65. The van der Waals surface area contributed by atoms with Gasteiger partial charge in [0.2, 0.25) is 0 Å². The highest BCUT2D eigenvalue weighted by Gasteiger charge is 2.20. The van der Waals surface area contributed by atoms with E-state index in [1.54, 1.807) is 45.5 Å². The number of hydrogen-bond donors (Lipinski definition) is 3. The van der Waals surface area contributed by atoms with Crippen molar-refractivity contribution in [3.05, 3.63) is 46.9 Å². The summed E-state index contributed by atoms with van der Waals surface area (Å²) in [6.45, 7) is 4.77. The van der Waals surface area contributed by atoms with E-state index in [2.05, 4.69) is 30.9 Å². The van der Waals surface area contributed by atoms with Crippen molar-refractivity contribution in [2.45, 2.75) is 13.8 Å². The number of nitrogens with one attached hydrogen (secondary N) is 3. The second kappa shape index (κ2) is 12.0. The van der Waals surface area contributed by atoms with Gasteiger partial charge in [0.05, 0.1) is 25.0 Å². The summed E-state index contributed by atoms with van der Waals surface area (Å²) in [7, 11) is 2.85. The lowest BCUT2D eigenvalue weighted by Gasteiger charge is -2.11. The van der Waals surface area contributed by atoms with E-state index >= 15 is 0 Å². The number of carbonyl (C=O) groups is 3. The molecule has 3 aromatic heterocycles. The first-order valence-corrected chi connectivity index (χ1v) is 11.5. The van der Waals surface area contributed by atoms with Crippen LogP contribution >= 0.6 is 11.3 Å². The van der Waals surface area contributed by atoms with E-state index in [1.165, 1.54) is 24.6 Å². The van der Waals surface area contributed by atoms with Gasteiger partial charge in [0, 0.05) is 55.5 Å². The standard InChI is InChI=1S/C23H26N6O5S/c1-5-25-23(32)29-18-9-16(21-28-13(2)19(35-21)20(30)26-6-7-33-3)17(12-27-18)14-8-15(11-24-10-14)22(31)34-4/h8-12H,5-7H2,1-4H3,(H,26,30)(H2,25,27,29,32). The molecule has 184 valence electrons. The molecule has 0 saturated carbocycles. The maximum atomic E-state index is 12.6. The number of nitrogens with zero attached hydrogens (tertiary/aromatic N) is 3. The molecule has 0 fully saturated rings. The van der Waals surface area contributed by atoms with Gasteiger partial charge in [-0.3, -0.25) is 15.1 Å². The lowest BCUT2D eigenvalue weighted by atomic mass is 10.0. The van der Waals surface area contributed by atoms with Gasteiger partial charge in [-0.1, -0.05) is 0 Å². The molecule has 3 N–H and O–H groups in total. The van der Waals surface area contributed by atoms with E-state index in [9.17, 15) is 14.4 Å². The van der Waals surface area contributed by atoms with Gasteiger partial charge in [-0.2, -0.15) is 0 Å². The van der Waals surface area contributed by atoms with Crippen LogP contribution in [0.1, 0.15) is 32.6 Å². The zero-order valence-electron chi connectivity index (χ0n) is 19.8. The molecule has 0 unspecified atom stereocenters. The molecule has 0 atom stereocenters. The van der Waals surface area contributed by atoms with Gasteiger partial charge in [-0.25, -0.2) is 19.6 Å². The van der Waals surface area contributed by atoms with Crippen LogP contribution in [0.5, 0.6) is 0 Å². The summed E-state index contributed by atoms with van der Waals surface area (Å²) in [5.74, 6) is -0.483. The number of aryl methyl sites for hydroxylation is 1. The van der Waals surface area contributed by atoms with Crippen LogP contribution < -0.4 is 16.0 Å². The van der Waals surface area contributed by atoms with Crippen LogP contribution in [0, 0.1) is 6.92 Å². The van der Waals surface area contributed by atoms with E-state index in [4.69, 9.17) is 9.47 Å². The molecule has 12 heteroatoms. The fourth-order valence-corrected chi connectivity index (χ4v) is 4.15. The minimum absolute atomic E-state index is 0.256. The molecule has 3 rings (SSSR count). The Hall–Kier alpha value is -3.90. The Bertz CT molecular complexity index is 1230. The number of rotatable bonds is 9. The smallest absolute Gasteiger partial charge is 0.339 e. The minimum atomic E-state index is -0.525. The van der Waals surface area contributed by atoms with E-state index in [0.29, 0.717) is 57.8 Å². The molecule has 3 aromatic rings. The Labute approximate surface area is 206 Å². The molecule has 0 bridgehead atoms. The maximum absolute atomic E-state index is 12.6. The molecule has 0 radical (unpaired) electrons. The molecule has 0 aliphatic rings. The number of esters is 1. The molecule has 3 amide bonds. The number of hydrogen-bond acceptors (Lipinski definition) is 9. The first-order chi connectivity index (χ1) is 16.9. The average Bonchev–Trinajstić information content (AvgIpc) is 3.25. The molecule has 11 nitrogen and oxygen atoms in total. The molecular weight excluding hydrogens is 472 g/mol. The number of ether oxygens (including phenoxy) is 2. The third-order valence-electron chi connectivity index (χ3n) is 4.78. The fraction of sp³-hybridized carbons (Fsp3) is 0.304. The Kier molecular flexibility index (Phi) is 8.81. The van der Waals surface area contributed by atoms with E-state index < -0.39 is 12.0 Å². The topological polar surface area (TPSA) is 144 Å². The predicted octanol–water partition coefficient (Wildman–Crippen LogP) is 2.88. The van der Waals surface area contributed by atoms with Gasteiger partial charge in [0.15, 0.2) is 0 Å². The van der Waals surface area contributed by atoms with Crippen molar-refractivity contribution in [1.82, 2.24) is 25.6 Å². The number of urea groups is 1. The van der Waals surface area contributed by atoms with Gasteiger partial charge in [0.1, 0.15) is 15.7 Å². The van der Waals surface area contributed by atoms with Gasteiger partial charge in [0.25, 0.3) is 5.91 Å². The van der Waals surface area contributed by atoms with Crippen LogP contribution in [0.4, 0.5) is 10.6 Å². The van der Waals surface area contributed by atoms with E-state index in [1.807, 2.05) is 0 Å². The molecule has 0 aliphatic heterocycles. The first kappa shape index (κ1) is 25.7. The van der Waals surface area contributed by atoms with Crippen LogP contribution in [0.2, 0.25) is 0 Å². The van der Waals surface area contributed by atoms with Crippen molar-refractivity contribution in [3.8, 4) is 21.7 Å². The zero-order chi connectivity index (χ0) is 25.4. The van der Waals surface area contributed by atoms with Gasteiger partial charge in [-0.05, 0) is 26.0 Å². The van der Waals surface area contributed by atoms with Crippen molar-refractivity contribution >= 4 is 35.1 Å². The summed E-state index contributed by atoms with van der Waals surface area (Å²) in [6, 6.07) is 2.90. The fourth-order valence-electron chi connectivity index (χ4n) is 3.14. The monoisotopic (exact) mass is 498 g/mol. The van der Waals surface area contributed by atoms with Crippen LogP contribution in [0.3, 0.4) is 0 Å². The second-order valence-electron chi connectivity index (χ2n) is 7.24. The second-order valence-corrected chi connectivity index (χ2v) is 8.23. The summed E-state index contributed by atoms with van der Waals surface area (Å²) in [6.07, 6.45) is 4.55. The van der Waals surface area contributed by atoms with Gasteiger partial charge in [-0.15, -0.1) is 11.3 Å². The number of aromatic nitrogens is 3. The minimum Gasteiger partial charge on any atom is -0.465 e. The molecule has 0 aromatic carbocycles. The van der Waals surface area contributed by atoms with Crippen LogP contribution in [-0.2, 0) is 9.47 Å².